The molecule has 0 spiro atoms. The lowest BCUT2D eigenvalue weighted by atomic mass is 10.1. The first kappa shape index (κ1) is 13.9. The third kappa shape index (κ3) is 2.89. The van der Waals surface area contributed by atoms with Crippen LogP contribution in [-0.2, 0) is 0 Å². The second kappa shape index (κ2) is 6.07. The molecule has 1 atom stereocenters. The van der Waals surface area contributed by atoms with Crippen molar-refractivity contribution in [1.82, 2.24) is 4.90 Å². The van der Waals surface area contributed by atoms with Crippen LogP contribution in [0, 0.1) is 6.92 Å². The molecular formula is C14H17BrClNO. The molecule has 18 heavy (non-hydrogen) atoms. The van der Waals surface area contributed by atoms with E-state index in [1.165, 1.54) is 0 Å². The number of aryl methyl sites for hydroxylation is 1. The van der Waals surface area contributed by atoms with Crippen LogP contribution < -0.4 is 0 Å². The van der Waals surface area contributed by atoms with Gasteiger partial charge in [-0.2, -0.15) is 0 Å². The molecule has 0 saturated carbocycles. The van der Waals surface area contributed by atoms with Gasteiger partial charge in [-0.1, -0.05) is 33.6 Å². The van der Waals surface area contributed by atoms with E-state index < -0.39 is 0 Å². The maximum absolute atomic E-state index is 12.6. The predicted molar refractivity (Wildman–Crippen MR) is 78.7 cm³/mol. The second-order valence-electron chi connectivity index (χ2n) is 4.73. The molecule has 1 aliphatic heterocycles. The molecule has 1 heterocycles. The summed E-state index contributed by atoms with van der Waals surface area (Å²) >= 11 is 9.45. The molecule has 0 bridgehead atoms. The topological polar surface area (TPSA) is 20.3 Å². The summed E-state index contributed by atoms with van der Waals surface area (Å²) in [4.78, 5) is 14.6. The van der Waals surface area contributed by atoms with Crippen molar-refractivity contribution in [2.24, 2.45) is 0 Å². The molecule has 98 valence electrons. The first-order valence-electron chi connectivity index (χ1n) is 6.26. The molecule has 1 fully saturated rings. The van der Waals surface area contributed by atoms with E-state index in [0.29, 0.717) is 11.1 Å². The Hall–Kier alpha value is -0.540. The lowest BCUT2D eigenvalue weighted by molar-refractivity contribution is 0.0734. The molecule has 2 nitrogen and oxygen atoms in total. The fraction of sp³-hybridized carbons (Fsp3) is 0.500. The number of hydrogen-bond donors (Lipinski definition) is 0. The maximum Gasteiger partial charge on any atom is 0.254 e. The van der Waals surface area contributed by atoms with Gasteiger partial charge in [0, 0.05) is 28.5 Å². The van der Waals surface area contributed by atoms with E-state index in [4.69, 9.17) is 11.6 Å². The fourth-order valence-corrected chi connectivity index (χ4v) is 3.21. The third-order valence-electron chi connectivity index (χ3n) is 3.51. The predicted octanol–water partition coefficient (Wildman–Crippen LogP) is 4.04. The second-order valence-corrected chi connectivity index (χ2v) is 5.96. The van der Waals surface area contributed by atoms with Gasteiger partial charge in [0.2, 0.25) is 0 Å². The normalized spacial score (nSPS) is 19.3. The fourth-order valence-electron chi connectivity index (χ4n) is 2.51. The molecule has 1 unspecified atom stereocenters. The van der Waals surface area contributed by atoms with Gasteiger partial charge < -0.3 is 4.90 Å². The minimum absolute atomic E-state index is 0.124. The summed E-state index contributed by atoms with van der Waals surface area (Å²) in [7, 11) is 0. The van der Waals surface area contributed by atoms with E-state index in [0.717, 1.165) is 42.3 Å². The van der Waals surface area contributed by atoms with Crippen LogP contribution in [-0.4, -0.2) is 28.7 Å². The first-order chi connectivity index (χ1) is 8.63. The standard InChI is InChI=1S/C14H17BrClNO/c1-10-4-5-11(16)9-13(10)14(18)17-8-2-3-12(17)6-7-15/h4-5,9,12H,2-3,6-8H2,1H3. The van der Waals surface area contributed by atoms with Crippen molar-refractivity contribution in [3.05, 3.63) is 34.3 Å². The molecule has 0 N–H and O–H groups in total. The van der Waals surface area contributed by atoms with Crippen LogP contribution in [0.15, 0.2) is 18.2 Å². The summed E-state index contributed by atoms with van der Waals surface area (Å²) in [5.74, 6) is 0.124. The van der Waals surface area contributed by atoms with Gasteiger partial charge in [0.25, 0.3) is 5.91 Å². The van der Waals surface area contributed by atoms with Crippen LogP contribution >= 0.6 is 27.5 Å². The van der Waals surface area contributed by atoms with Crippen molar-refractivity contribution in [1.29, 1.82) is 0 Å². The molecule has 2 rings (SSSR count). The Morgan fingerprint density at radius 3 is 3.06 bits per heavy atom. The van der Waals surface area contributed by atoms with Gasteiger partial charge in [0.1, 0.15) is 0 Å². The summed E-state index contributed by atoms with van der Waals surface area (Å²) in [5, 5.41) is 1.57. The Labute approximate surface area is 121 Å². The van der Waals surface area contributed by atoms with Crippen LogP contribution in [0.1, 0.15) is 35.2 Å². The van der Waals surface area contributed by atoms with Gasteiger partial charge in [0.05, 0.1) is 0 Å². The molecule has 1 aromatic carbocycles. The summed E-state index contributed by atoms with van der Waals surface area (Å²) < 4.78 is 0. The number of alkyl halides is 1. The van der Waals surface area contributed by atoms with E-state index in [1.54, 1.807) is 6.07 Å². The van der Waals surface area contributed by atoms with E-state index in [9.17, 15) is 4.79 Å². The SMILES string of the molecule is Cc1ccc(Cl)cc1C(=O)N1CCCC1CCBr. The third-order valence-corrected chi connectivity index (χ3v) is 4.20. The Kier molecular flexibility index (Phi) is 4.68. The molecule has 1 saturated heterocycles. The van der Waals surface area contributed by atoms with E-state index in [2.05, 4.69) is 15.9 Å². The van der Waals surface area contributed by atoms with Crippen molar-refractivity contribution in [2.75, 3.05) is 11.9 Å². The highest BCUT2D eigenvalue weighted by Crippen LogP contribution is 2.25. The van der Waals surface area contributed by atoms with Crippen LogP contribution in [0.2, 0.25) is 5.02 Å². The summed E-state index contributed by atoms with van der Waals surface area (Å²) in [6, 6.07) is 5.89. The highest BCUT2D eigenvalue weighted by atomic mass is 79.9. The molecule has 0 aliphatic carbocycles. The van der Waals surface area contributed by atoms with Crippen LogP contribution in [0.25, 0.3) is 0 Å². The minimum atomic E-state index is 0.124. The average molecular weight is 331 g/mol. The van der Waals surface area contributed by atoms with E-state index >= 15 is 0 Å². The lowest BCUT2D eigenvalue weighted by Crippen LogP contribution is -2.36. The van der Waals surface area contributed by atoms with Gasteiger partial charge in [0.15, 0.2) is 0 Å². The van der Waals surface area contributed by atoms with Gasteiger partial charge in [-0.3, -0.25) is 4.79 Å². The summed E-state index contributed by atoms with van der Waals surface area (Å²) in [5.41, 5.74) is 1.73. The molecule has 0 aromatic heterocycles. The number of rotatable bonds is 3. The monoisotopic (exact) mass is 329 g/mol. The Morgan fingerprint density at radius 2 is 2.33 bits per heavy atom. The minimum Gasteiger partial charge on any atom is -0.336 e. The van der Waals surface area contributed by atoms with Crippen LogP contribution in [0.5, 0.6) is 0 Å². The quantitative estimate of drug-likeness (QED) is 0.766. The van der Waals surface area contributed by atoms with Gasteiger partial charge in [-0.05, 0) is 43.9 Å². The highest BCUT2D eigenvalue weighted by molar-refractivity contribution is 9.09. The zero-order valence-corrected chi connectivity index (χ0v) is 12.8. The number of halogens is 2. The summed E-state index contributed by atoms with van der Waals surface area (Å²) in [6.45, 7) is 2.82. The highest BCUT2D eigenvalue weighted by Gasteiger charge is 2.29. The molecule has 1 aromatic rings. The number of hydrogen-bond acceptors (Lipinski definition) is 1. The number of carbonyl (C=O) groups is 1. The van der Waals surface area contributed by atoms with Crippen LogP contribution in [0.3, 0.4) is 0 Å². The molecule has 1 aliphatic rings. The number of likely N-dealkylation sites (tertiary alicyclic amines) is 1. The number of carbonyl (C=O) groups excluding carboxylic acids is 1. The smallest absolute Gasteiger partial charge is 0.254 e. The van der Waals surface area contributed by atoms with Crippen molar-refractivity contribution >= 4 is 33.4 Å². The summed E-state index contributed by atoms with van der Waals surface area (Å²) in [6.07, 6.45) is 3.23. The number of nitrogens with zero attached hydrogens (tertiary/aromatic N) is 1. The number of amides is 1. The van der Waals surface area contributed by atoms with E-state index in [-0.39, 0.29) is 5.91 Å². The van der Waals surface area contributed by atoms with Crippen molar-refractivity contribution in [2.45, 2.75) is 32.2 Å². The average Bonchev–Trinajstić information content (AvgIpc) is 2.80. The van der Waals surface area contributed by atoms with Crippen molar-refractivity contribution in [3.63, 3.8) is 0 Å². The molecular weight excluding hydrogens is 314 g/mol. The van der Waals surface area contributed by atoms with Crippen molar-refractivity contribution in [3.8, 4) is 0 Å². The Morgan fingerprint density at radius 1 is 1.56 bits per heavy atom. The largest absolute Gasteiger partial charge is 0.336 e. The Bertz CT molecular complexity index is 449. The van der Waals surface area contributed by atoms with Gasteiger partial charge in [-0.15, -0.1) is 0 Å². The van der Waals surface area contributed by atoms with Gasteiger partial charge >= 0.3 is 0 Å². The number of benzene rings is 1. The maximum atomic E-state index is 12.6. The molecule has 1 amide bonds. The first-order valence-corrected chi connectivity index (χ1v) is 7.76. The van der Waals surface area contributed by atoms with Crippen LogP contribution in [0.4, 0.5) is 0 Å². The molecule has 0 radical (unpaired) electrons. The van der Waals surface area contributed by atoms with Crippen molar-refractivity contribution < 1.29 is 4.79 Å². The zero-order chi connectivity index (χ0) is 13.1. The Balaban J connectivity index is 2.22. The van der Waals surface area contributed by atoms with Gasteiger partial charge in [-0.25, -0.2) is 0 Å². The van der Waals surface area contributed by atoms with E-state index in [1.807, 2.05) is 24.0 Å². The molecule has 4 heteroatoms. The lowest BCUT2D eigenvalue weighted by Gasteiger charge is -2.25. The zero-order valence-electron chi connectivity index (χ0n) is 10.5.